The van der Waals surface area contributed by atoms with Crippen LogP contribution in [0, 0.1) is 0 Å². The zero-order valence-corrected chi connectivity index (χ0v) is 15.7. The van der Waals surface area contributed by atoms with Crippen molar-refractivity contribution in [3.8, 4) is 11.5 Å². The highest BCUT2D eigenvalue weighted by Crippen LogP contribution is 2.26. The Kier molecular flexibility index (Phi) is 7.25. The number of phenols is 1. The monoisotopic (exact) mass is 389 g/mol. The minimum atomic E-state index is -0.660. The van der Waals surface area contributed by atoms with Crippen molar-refractivity contribution in [3.05, 3.63) is 64.7 Å². The smallest absolute Gasteiger partial charge is 0.331 e. The van der Waals surface area contributed by atoms with E-state index in [-0.39, 0.29) is 11.8 Å². The number of nitrogens with one attached hydrogen (secondary N) is 1. The van der Waals surface area contributed by atoms with E-state index >= 15 is 0 Å². The summed E-state index contributed by atoms with van der Waals surface area (Å²) < 4.78 is 9.91. The molecule has 1 amide bonds. The zero-order chi connectivity index (χ0) is 19.8. The first-order valence-corrected chi connectivity index (χ1v) is 8.53. The van der Waals surface area contributed by atoms with Crippen LogP contribution < -0.4 is 10.1 Å². The molecule has 0 aliphatic heterocycles. The molecule has 0 heterocycles. The lowest BCUT2D eigenvalue weighted by Gasteiger charge is -2.14. The van der Waals surface area contributed by atoms with Gasteiger partial charge in [-0.15, -0.1) is 0 Å². The van der Waals surface area contributed by atoms with E-state index in [0.717, 1.165) is 5.56 Å². The molecule has 0 aliphatic rings. The Morgan fingerprint density at radius 2 is 2.04 bits per heavy atom. The van der Waals surface area contributed by atoms with E-state index in [2.05, 4.69) is 5.32 Å². The average molecular weight is 390 g/mol. The molecular weight excluding hydrogens is 370 g/mol. The molecule has 2 N–H and O–H groups in total. The number of hydrogen-bond donors (Lipinski definition) is 2. The summed E-state index contributed by atoms with van der Waals surface area (Å²) in [6.07, 6.45) is 2.69. The quantitative estimate of drug-likeness (QED) is 0.559. The fraction of sp³-hybridized carbons (Fsp3) is 0.200. The Bertz CT molecular complexity index is 850. The summed E-state index contributed by atoms with van der Waals surface area (Å²) in [5.41, 5.74) is 1.49. The molecule has 0 saturated carbocycles. The van der Waals surface area contributed by atoms with E-state index in [9.17, 15) is 14.7 Å². The van der Waals surface area contributed by atoms with Crippen molar-refractivity contribution < 1.29 is 24.2 Å². The zero-order valence-electron chi connectivity index (χ0n) is 14.9. The van der Waals surface area contributed by atoms with Crippen LogP contribution in [-0.2, 0) is 14.3 Å². The first-order valence-electron chi connectivity index (χ1n) is 8.15. The molecule has 1 atom stereocenters. The van der Waals surface area contributed by atoms with Gasteiger partial charge >= 0.3 is 5.97 Å². The first kappa shape index (κ1) is 20.3. The molecule has 0 aliphatic carbocycles. The third-order valence-corrected chi connectivity index (χ3v) is 3.92. The van der Waals surface area contributed by atoms with E-state index < -0.39 is 18.5 Å². The number of benzene rings is 2. The van der Waals surface area contributed by atoms with Crippen LogP contribution in [0.5, 0.6) is 11.5 Å². The van der Waals surface area contributed by atoms with Crippen molar-refractivity contribution in [3.63, 3.8) is 0 Å². The predicted molar refractivity (Wildman–Crippen MR) is 103 cm³/mol. The van der Waals surface area contributed by atoms with Gasteiger partial charge in [0.15, 0.2) is 18.1 Å². The fourth-order valence-electron chi connectivity index (χ4n) is 2.29. The molecule has 7 heteroatoms. The van der Waals surface area contributed by atoms with Gasteiger partial charge in [-0.25, -0.2) is 4.79 Å². The van der Waals surface area contributed by atoms with E-state index in [1.54, 1.807) is 30.3 Å². The number of carbonyl (C=O) groups is 2. The normalized spacial score (nSPS) is 11.8. The summed E-state index contributed by atoms with van der Waals surface area (Å²) >= 11 is 5.93. The number of esters is 1. The molecule has 142 valence electrons. The Morgan fingerprint density at radius 1 is 1.26 bits per heavy atom. The van der Waals surface area contributed by atoms with E-state index in [0.29, 0.717) is 16.3 Å². The van der Waals surface area contributed by atoms with Gasteiger partial charge < -0.3 is 19.9 Å². The highest BCUT2D eigenvalue weighted by molar-refractivity contribution is 6.30. The summed E-state index contributed by atoms with van der Waals surface area (Å²) in [5.74, 6) is -0.786. The molecule has 0 saturated heterocycles. The first-order chi connectivity index (χ1) is 12.9. The second-order valence-electron chi connectivity index (χ2n) is 5.72. The van der Waals surface area contributed by atoms with Crippen LogP contribution in [0.4, 0.5) is 0 Å². The Labute approximate surface area is 162 Å². The number of ether oxygens (including phenoxy) is 2. The van der Waals surface area contributed by atoms with Crippen LogP contribution in [-0.4, -0.2) is 30.7 Å². The number of phenolic OH excluding ortho intramolecular Hbond substituents is 1. The van der Waals surface area contributed by atoms with Gasteiger partial charge in [-0.2, -0.15) is 0 Å². The van der Waals surface area contributed by atoms with Crippen molar-refractivity contribution in [2.45, 2.75) is 13.0 Å². The summed E-state index contributed by atoms with van der Waals surface area (Å²) in [4.78, 5) is 23.7. The minimum absolute atomic E-state index is 0.00252. The van der Waals surface area contributed by atoms with Crippen molar-refractivity contribution in [2.75, 3.05) is 13.7 Å². The molecule has 2 aromatic rings. The van der Waals surface area contributed by atoms with Gasteiger partial charge in [0.2, 0.25) is 0 Å². The highest BCUT2D eigenvalue weighted by Gasteiger charge is 2.11. The minimum Gasteiger partial charge on any atom is -0.504 e. The van der Waals surface area contributed by atoms with Gasteiger partial charge in [0, 0.05) is 11.1 Å². The molecule has 2 aromatic carbocycles. The Morgan fingerprint density at radius 3 is 2.74 bits per heavy atom. The number of carbonyl (C=O) groups excluding carboxylic acids is 2. The van der Waals surface area contributed by atoms with Crippen LogP contribution in [0.1, 0.15) is 24.1 Å². The van der Waals surface area contributed by atoms with Gasteiger partial charge in [-0.05, 0) is 48.4 Å². The predicted octanol–water partition coefficient (Wildman–Crippen LogP) is 3.49. The lowest BCUT2D eigenvalue weighted by atomic mass is 10.1. The van der Waals surface area contributed by atoms with Gasteiger partial charge in [0.25, 0.3) is 5.91 Å². The summed E-state index contributed by atoms with van der Waals surface area (Å²) in [6.45, 7) is 1.41. The summed E-state index contributed by atoms with van der Waals surface area (Å²) in [7, 11) is 1.43. The van der Waals surface area contributed by atoms with Crippen molar-refractivity contribution in [1.29, 1.82) is 0 Å². The fourth-order valence-corrected chi connectivity index (χ4v) is 2.49. The number of methoxy groups -OCH3 is 1. The molecule has 0 unspecified atom stereocenters. The standard InChI is InChI=1S/C20H20ClNO5/c1-13(15-4-3-5-16(21)11-15)22-19(24)12-27-20(25)9-7-14-6-8-17(23)18(10-14)26-2/h3-11,13,23H,12H2,1-2H3,(H,22,24)/b9-7+/t13-/m1/s1. The van der Waals surface area contributed by atoms with Crippen LogP contribution in [0.3, 0.4) is 0 Å². The largest absolute Gasteiger partial charge is 0.504 e. The molecule has 27 heavy (non-hydrogen) atoms. The van der Waals surface area contributed by atoms with E-state index in [1.807, 2.05) is 13.0 Å². The van der Waals surface area contributed by atoms with Crippen LogP contribution in [0.2, 0.25) is 5.02 Å². The molecule has 0 bridgehead atoms. The molecule has 6 nitrogen and oxygen atoms in total. The van der Waals surface area contributed by atoms with Crippen molar-refractivity contribution in [1.82, 2.24) is 5.32 Å². The summed E-state index contributed by atoms with van der Waals surface area (Å²) in [5, 5.41) is 12.8. The van der Waals surface area contributed by atoms with Gasteiger partial charge in [-0.3, -0.25) is 4.79 Å². The maximum absolute atomic E-state index is 11.9. The maximum Gasteiger partial charge on any atom is 0.331 e. The van der Waals surface area contributed by atoms with E-state index in [1.165, 1.54) is 25.3 Å². The summed E-state index contributed by atoms with van der Waals surface area (Å²) in [6, 6.07) is 11.5. The SMILES string of the molecule is COc1cc(/C=C/C(=O)OCC(=O)N[C@H](C)c2cccc(Cl)c2)ccc1O. The Balaban J connectivity index is 1.83. The second kappa shape index (κ2) is 9.64. The van der Waals surface area contributed by atoms with Gasteiger partial charge in [-0.1, -0.05) is 29.8 Å². The number of amides is 1. The number of aromatic hydroxyl groups is 1. The lowest BCUT2D eigenvalue weighted by molar-refractivity contribution is -0.144. The molecule has 0 radical (unpaired) electrons. The molecule has 0 spiro atoms. The number of hydrogen-bond acceptors (Lipinski definition) is 5. The van der Waals surface area contributed by atoms with Gasteiger partial charge in [0.05, 0.1) is 13.2 Å². The Hall–Kier alpha value is -2.99. The molecular formula is C20H20ClNO5. The van der Waals surface area contributed by atoms with Gasteiger partial charge in [0.1, 0.15) is 0 Å². The third kappa shape index (κ3) is 6.34. The van der Waals surface area contributed by atoms with Crippen molar-refractivity contribution >= 4 is 29.6 Å². The maximum atomic E-state index is 11.9. The third-order valence-electron chi connectivity index (χ3n) is 3.69. The van der Waals surface area contributed by atoms with Crippen molar-refractivity contribution in [2.24, 2.45) is 0 Å². The van der Waals surface area contributed by atoms with Crippen LogP contribution in [0.15, 0.2) is 48.5 Å². The number of rotatable bonds is 7. The molecule has 0 aromatic heterocycles. The van der Waals surface area contributed by atoms with E-state index in [4.69, 9.17) is 21.1 Å². The molecule has 2 rings (SSSR count). The number of halogens is 1. The second-order valence-corrected chi connectivity index (χ2v) is 6.15. The topological polar surface area (TPSA) is 84.9 Å². The average Bonchev–Trinajstić information content (AvgIpc) is 2.65. The highest BCUT2D eigenvalue weighted by atomic mass is 35.5. The van der Waals surface area contributed by atoms with Crippen LogP contribution >= 0.6 is 11.6 Å². The van der Waals surface area contributed by atoms with Crippen LogP contribution in [0.25, 0.3) is 6.08 Å². The molecule has 0 fully saturated rings. The lowest BCUT2D eigenvalue weighted by Crippen LogP contribution is -2.30.